The number of nitrogens with zero attached hydrogens (tertiary/aromatic N) is 3. The maximum Gasteiger partial charge on any atom is 0.246 e. The number of likely N-dealkylation sites (tertiary alicyclic amines) is 1. The van der Waals surface area contributed by atoms with E-state index < -0.39 is 0 Å². The molecule has 2 aromatic rings. The molecule has 0 atom stereocenters. The fraction of sp³-hybridized carbons (Fsp3) is 0.389. The second-order valence-electron chi connectivity index (χ2n) is 6.38. The first-order valence-electron chi connectivity index (χ1n) is 8.30. The zero-order valence-corrected chi connectivity index (χ0v) is 15.1. The number of hydrogen-bond donors (Lipinski definition) is 1. The quantitative estimate of drug-likeness (QED) is 0.674. The van der Waals surface area contributed by atoms with Gasteiger partial charge in [-0.25, -0.2) is 4.39 Å². The molecule has 25 heavy (non-hydrogen) atoms. The third kappa shape index (κ3) is 3.87. The van der Waals surface area contributed by atoms with Crippen LogP contribution >= 0.6 is 12.2 Å². The third-order valence-corrected chi connectivity index (χ3v) is 5.09. The Morgan fingerprint density at radius 2 is 1.96 bits per heavy atom. The number of rotatable bonds is 3. The molecule has 0 radical (unpaired) electrons. The standard InChI is InChI=1S/C18H21FN4OS/c1-12(13-3-5-15(19)6-4-13)11-16(24)23-9-7-14(8-10-23)17-20-21-18(25)22(17)2/h3-6,11,14H,7-10H2,1-2H3,(H,21,25). The van der Waals surface area contributed by atoms with E-state index in [9.17, 15) is 9.18 Å². The number of amides is 1. The van der Waals surface area contributed by atoms with Gasteiger partial charge in [-0.2, -0.15) is 5.10 Å². The van der Waals surface area contributed by atoms with Crippen molar-refractivity contribution < 1.29 is 9.18 Å². The van der Waals surface area contributed by atoms with Crippen molar-refractivity contribution in [2.75, 3.05) is 13.1 Å². The van der Waals surface area contributed by atoms with Crippen molar-refractivity contribution in [3.63, 3.8) is 0 Å². The number of nitrogens with one attached hydrogen (secondary N) is 1. The van der Waals surface area contributed by atoms with Gasteiger partial charge in [0, 0.05) is 32.1 Å². The molecule has 1 aromatic heterocycles. The van der Waals surface area contributed by atoms with Crippen molar-refractivity contribution in [1.82, 2.24) is 19.7 Å². The molecule has 1 saturated heterocycles. The molecule has 1 amide bonds. The number of piperidine rings is 1. The Bertz CT molecular complexity index is 845. The van der Waals surface area contributed by atoms with E-state index in [1.807, 2.05) is 23.4 Å². The highest BCUT2D eigenvalue weighted by Crippen LogP contribution is 2.26. The summed E-state index contributed by atoms with van der Waals surface area (Å²) in [7, 11) is 1.91. The predicted octanol–water partition coefficient (Wildman–Crippen LogP) is 3.43. The van der Waals surface area contributed by atoms with E-state index in [-0.39, 0.29) is 11.7 Å². The maximum absolute atomic E-state index is 13.0. The fourth-order valence-electron chi connectivity index (χ4n) is 3.15. The molecule has 0 saturated carbocycles. The molecule has 1 fully saturated rings. The lowest BCUT2D eigenvalue weighted by atomic mass is 9.95. The van der Waals surface area contributed by atoms with Crippen molar-refractivity contribution in [3.8, 4) is 0 Å². The third-order valence-electron chi connectivity index (χ3n) is 4.73. The zero-order valence-electron chi connectivity index (χ0n) is 14.3. The zero-order chi connectivity index (χ0) is 18.0. The Balaban J connectivity index is 1.63. The highest BCUT2D eigenvalue weighted by molar-refractivity contribution is 7.71. The van der Waals surface area contributed by atoms with E-state index in [1.165, 1.54) is 12.1 Å². The van der Waals surface area contributed by atoms with Gasteiger partial charge in [0.2, 0.25) is 5.91 Å². The van der Waals surface area contributed by atoms with E-state index in [1.54, 1.807) is 18.2 Å². The first-order valence-corrected chi connectivity index (χ1v) is 8.71. The monoisotopic (exact) mass is 360 g/mol. The van der Waals surface area contributed by atoms with Crippen molar-refractivity contribution in [2.45, 2.75) is 25.7 Å². The Labute approximate surface area is 151 Å². The number of aromatic amines is 1. The number of halogens is 1. The van der Waals surface area contributed by atoms with Crippen LogP contribution in [0.25, 0.3) is 5.57 Å². The maximum atomic E-state index is 13.0. The van der Waals surface area contributed by atoms with Gasteiger partial charge in [0.15, 0.2) is 4.77 Å². The highest BCUT2D eigenvalue weighted by atomic mass is 32.1. The largest absolute Gasteiger partial charge is 0.339 e. The van der Waals surface area contributed by atoms with Gasteiger partial charge in [-0.3, -0.25) is 9.89 Å². The van der Waals surface area contributed by atoms with Crippen LogP contribution in [-0.4, -0.2) is 38.7 Å². The van der Waals surface area contributed by atoms with Gasteiger partial charge >= 0.3 is 0 Å². The van der Waals surface area contributed by atoms with Crippen LogP contribution in [0.5, 0.6) is 0 Å². The molecular formula is C18H21FN4OS. The summed E-state index contributed by atoms with van der Waals surface area (Å²) < 4.78 is 15.5. The summed E-state index contributed by atoms with van der Waals surface area (Å²) in [5.41, 5.74) is 1.69. The number of carbonyl (C=O) groups is 1. The number of benzene rings is 1. The molecule has 2 heterocycles. The molecule has 5 nitrogen and oxygen atoms in total. The van der Waals surface area contributed by atoms with Crippen molar-refractivity contribution >= 4 is 23.7 Å². The molecule has 7 heteroatoms. The lowest BCUT2D eigenvalue weighted by Crippen LogP contribution is -2.37. The minimum atomic E-state index is -0.279. The van der Waals surface area contributed by atoms with Crippen molar-refractivity contribution in [3.05, 3.63) is 52.3 Å². The summed E-state index contributed by atoms with van der Waals surface area (Å²) in [5.74, 6) is 0.980. The summed E-state index contributed by atoms with van der Waals surface area (Å²) in [6.07, 6.45) is 3.36. The highest BCUT2D eigenvalue weighted by Gasteiger charge is 2.25. The van der Waals surface area contributed by atoms with Crippen LogP contribution in [0.2, 0.25) is 0 Å². The summed E-state index contributed by atoms with van der Waals surface area (Å²) >= 11 is 5.16. The number of carbonyl (C=O) groups excluding carboxylic acids is 1. The van der Waals surface area contributed by atoms with E-state index in [0.29, 0.717) is 23.8 Å². The Morgan fingerprint density at radius 3 is 2.52 bits per heavy atom. The van der Waals surface area contributed by atoms with Crippen LogP contribution < -0.4 is 0 Å². The van der Waals surface area contributed by atoms with Gasteiger partial charge in [0.25, 0.3) is 0 Å². The van der Waals surface area contributed by atoms with Gasteiger partial charge < -0.3 is 9.47 Å². The molecule has 0 spiro atoms. The summed E-state index contributed by atoms with van der Waals surface area (Å²) in [6.45, 7) is 3.25. The van der Waals surface area contributed by atoms with Crippen molar-refractivity contribution in [2.24, 2.45) is 7.05 Å². The van der Waals surface area contributed by atoms with E-state index in [4.69, 9.17) is 12.2 Å². The van der Waals surface area contributed by atoms with Gasteiger partial charge in [-0.1, -0.05) is 12.1 Å². The normalized spacial score (nSPS) is 16.3. The molecule has 0 unspecified atom stereocenters. The molecule has 1 aliphatic heterocycles. The number of H-pyrrole nitrogens is 1. The second kappa shape index (κ2) is 7.31. The topological polar surface area (TPSA) is 53.9 Å². The van der Waals surface area contributed by atoms with Crippen LogP contribution in [0, 0.1) is 10.6 Å². The van der Waals surface area contributed by atoms with Gasteiger partial charge in [0.05, 0.1) is 0 Å². The average molecular weight is 360 g/mol. The number of hydrogen-bond acceptors (Lipinski definition) is 3. The molecule has 1 aliphatic rings. The van der Waals surface area contributed by atoms with E-state index >= 15 is 0 Å². The molecule has 3 rings (SSSR count). The minimum absolute atomic E-state index is 0.00404. The van der Waals surface area contributed by atoms with Gasteiger partial charge in [-0.15, -0.1) is 0 Å². The van der Waals surface area contributed by atoms with Gasteiger partial charge in [0.1, 0.15) is 11.6 Å². The minimum Gasteiger partial charge on any atom is -0.339 e. The van der Waals surface area contributed by atoms with Crippen LogP contribution in [0.3, 0.4) is 0 Å². The number of allylic oxidation sites excluding steroid dienone is 1. The Hall–Kier alpha value is -2.28. The summed E-state index contributed by atoms with van der Waals surface area (Å²) in [6, 6.07) is 6.18. The van der Waals surface area contributed by atoms with Crippen LogP contribution in [0.4, 0.5) is 4.39 Å². The summed E-state index contributed by atoms with van der Waals surface area (Å²) in [4.78, 5) is 14.3. The molecule has 132 valence electrons. The molecule has 1 N–H and O–H groups in total. The van der Waals surface area contributed by atoms with E-state index in [2.05, 4.69) is 10.2 Å². The fourth-order valence-corrected chi connectivity index (χ4v) is 3.29. The Morgan fingerprint density at radius 1 is 1.32 bits per heavy atom. The lowest BCUT2D eigenvalue weighted by Gasteiger charge is -2.30. The lowest BCUT2D eigenvalue weighted by molar-refractivity contribution is -0.127. The van der Waals surface area contributed by atoms with Crippen LogP contribution in [0.1, 0.15) is 37.1 Å². The Kier molecular flexibility index (Phi) is 5.13. The van der Waals surface area contributed by atoms with Gasteiger partial charge in [-0.05, 0) is 55.3 Å². The van der Waals surface area contributed by atoms with E-state index in [0.717, 1.165) is 29.8 Å². The smallest absolute Gasteiger partial charge is 0.246 e. The molecule has 0 aliphatic carbocycles. The average Bonchev–Trinajstić information content (AvgIpc) is 2.94. The number of aromatic nitrogens is 3. The van der Waals surface area contributed by atoms with Crippen molar-refractivity contribution in [1.29, 1.82) is 0 Å². The SMILES string of the molecule is CC(=CC(=O)N1CCC(c2n[nH]c(=S)n2C)CC1)c1ccc(F)cc1. The van der Waals surface area contributed by atoms with Crippen LogP contribution in [-0.2, 0) is 11.8 Å². The van der Waals surface area contributed by atoms with Crippen LogP contribution in [0.15, 0.2) is 30.3 Å². The molecule has 0 bridgehead atoms. The molecular weight excluding hydrogens is 339 g/mol. The predicted molar refractivity (Wildman–Crippen MR) is 97.0 cm³/mol. The first kappa shape index (κ1) is 17.5. The molecule has 1 aromatic carbocycles. The summed E-state index contributed by atoms with van der Waals surface area (Å²) in [5, 5.41) is 7.12. The first-order chi connectivity index (χ1) is 12.0. The second-order valence-corrected chi connectivity index (χ2v) is 6.77.